The molecule has 1 amide bonds. The number of allylic oxidation sites excluding steroid dienone is 2. The Morgan fingerprint density at radius 3 is 3.04 bits per heavy atom. The number of amides is 1. The van der Waals surface area contributed by atoms with Gasteiger partial charge in [0.2, 0.25) is 5.91 Å². The van der Waals surface area contributed by atoms with E-state index in [0.717, 1.165) is 32.2 Å². The van der Waals surface area contributed by atoms with Crippen LogP contribution in [0.5, 0.6) is 0 Å². The molecule has 3 heterocycles. The van der Waals surface area contributed by atoms with Crippen LogP contribution in [0.3, 0.4) is 0 Å². The van der Waals surface area contributed by atoms with Gasteiger partial charge in [-0.3, -0.25) is 4.79 Å². The Kier molecular flexibility index (Phi) is 4.18. The Labute approximate surface area is 147 Å². The second-order valence-corrected chi connectivity index (χ2v) is 7.21. The van der Waals surface area contributed by atoms with Gasteiger partial charge in [-0.25, -0.2) is 4.98 Å². The van der Waals surface area contributed by atoms with Crippen molar-refractivity contribution >= 4 is 11.7 Å². The van der Waals surface area contributed by atoms with Crippen LogP contribution in [0.1, 0.15) is 31.4 Å². The highest BCUT2D eigenvalue weighted by molar-refractivity contribution is 5.80. The molecule has 25 heavy (non-hydrogen) atoms. The van der Waals surface area contributed by atoms with E-state index in [2.05, 4.69) is 28.5 Å². The largest absolute Gasteiger partial charge is 0.371 e. The van der Waals surface area contributed by atoms with Gasteiger partial charge in [0, 0.05) is 25.4 Å². The summed E-state index contributed by atoms with van der Waals surface area (Å²) in [6, 6.07) is 7.59. The summed E-state index contributed by atoms with van der Waals surface area (Å²) in [5.74, 6) is 1.10. The van der Waals surface area contributed by atoms with Crippen molar-refractivity contribution in [3.05, 3.63) is 36.0 Å². The number of likely N-dealkylation sites (tertiary alicyclic amines) is 1. The van der Waals surface area contributed by atoms with E-state index in [0.29, 0.717) is 24.7 Å². The molecule has 0 radical (unpaired) electrons. The lowest BCUT2D eigenvalue weighted by atomic mass is 9.97. The van der Waals surface area contributed by atoms with E-state index in [1.54, 1.807) is 6.07 Å². The number of aromatic nitrogens is 1. The van der Waals surface area contributed by atoms with E-state index in [-0.39, 0.29) is 23.5 Å². The summed E-state index contributed by atoms with van der Waals surface area (Å²) in [6.07, 6.45) is 7.69. The smallest absolute Gasteiger partial charge is 0.226 e. The van der Waals surface area contributed by atoms with Gasteiger partial charge in [0.25, 0.3) is 0 Å². The average molecular weight is 338 g/mol. The molecule has 2 saturated heterocycles. The highest BCUT2D eigenvalue weighted by atomic mass is 16.5. The number of hydrogen-bond donors (Lipinski definition) is 1. The van der Waals surface area contributed by atoms with Crippen LogP contribution in [0.25, 0.3) is 0 Å². The van der Waals surface area contributed by atoms with Crippen molar-refractivity contribution in [3.8, 4) is 6.07 Å². The number of carbonyl (C=O) groups is 1. The van der Waals surface area contributed by atoms with Crippen LogP contribution in [-0.4, -0.2) is 47.1 Å². The fourth-order valence-corrected chi connectivity index (χ4v) is 4.12. The van der Waals surface area contributed by atoms with Crippen LogP contribution in [0.2, 0.25) is 0 Å². The Bertz CT molecular complexity index is 733. The first-order chi connectivity index (χ1) is 12.2. The lowest BCUT2D eigenvalue weighted by Gasteiger charge is -2.25. The van der Waals surface area contributed by atoms with Crippen molar-refractivity contribution in [1.29, 1.82) is 5.26 Å². The van der Waals surface area contributed by atoms with Crippen LogP contribution >= 0.6 is 0 Å². The molecule has 0 saturated carbocycles. The van der Waals surface area contributed by atoms with Crippen molar-refractivity contribution in [2.45, 2.75) is 37.3 Å². The fraction of sp³-hybridized carbons (Fsp3) is 0.526. The van der Waals surface area contributed by atoms with Gasteiger partial charge in [0.15, 0.2) is 0 Å². The molecule has 2 atom stereocenters. The molecule has 1 aromatic heterocycles. The first-order valence-corrected chi connectivity index (χ1v) is 8.89. The van der Waals surface area contributed by atoms with Gasteiger partial charge in [-0.15, -0.1) is 0 Å². The lowest BCUT2D eigenvalue weighted by Crippen LogP contribution is -2.38. The molecule has 6 nitrogen and oxygen atoms in total. The second kappa shape index (κ2) is 6.49. The van der Waals surface area contributed by atoms with Crippen LogP contribution < -0.4 is 5.32 Å². The third-order valence-corrected chi connectivity index (χ3v) is 5.41. The summed E-state index contributed by atoms with van der Waals surface area (Å²) in [5.41, 5.74) is 0.174. The van der Waals surface area contributed by atoms with Crippen LogP contribution in [0.4, 0.5) is 5.82 Å². The summed E-state index contributed by atoms with van der Waals surface area (Å²) in [5, 5.41) is 12.3. The number of rotatable bonds is 3. The molecule has 3 aliphatic rings. The SMILES string of the molecule is N#Cc1cccc(N[C@H]2CO[C@]3(CCN(C(=O)C4CC=CC4)C3)C2)n1. The minimum Gasteiger partial charge on any atom is -0.371 e. The standard InChI is InChI=1S/C19H22N4O2/c20-11-15-6-3-7-17(21-15)22-16-10-19(25-12-16)8-9-23(13-19)18(24)14-4-1-2-5-14/h1-3,6-7,14,16H,4-5,8-10,12-13H2,(H,21,22)/t16-,19-/m1/s1. The van der Waals surface area contributed by atoms with E-state index in [4.69, 9.17) is 10.00 Å². The summed E-state index contributed by atoms with van der Waals surface area (Å²) >= 11 is 0. The summed E-state index contributed by atoms with van der Waals surface area (Å²) < 4.78 is 6.12. The number of hydrogen-bond acceptors (Lipinski definition) is 5. The number of carbonyl (C=O) groups excluding carboxylic acids is 1. The van der Waals surface area contributed by atoms with Crippen molar-refractivity contribution in [1.82, 2.24) is 9.88 Å². The molecule has 1 aliphatic carbocycles. The van der Waals surface area contributed by atoms with Gasteiger partial charge in [-0.2, -0.15) is 5.26 Å². The maximum atomic E-state index is 12.6. The zero-order valence-corrected chi connectivity index (χ0v) is 14.1. The monoisotopic (exact) mass is 338 g/mol. The van der Waals surface area contributed by atoms with Crippen molar-refractivity contribution in [2.24, 2.45) is 5.92 Å². The molecule has 1 N–H and O–H groups in total. The Morgan fingerprint density at radius 2 is 2.24 bits per heavy atom. The predicted molar refractivity (Wildman–Crippen MR) is 92.7 cm³/mol. The molecule has 1 aromatic rings. The molecule has 0 bridgehead atoms. The molecular formula is C19H22N4O2. The topological polar surface area (TPSA) is 78.2 Å². The number of nitrogens with zero attached hydrogens (tertiary/aromatic N) is 3. The molecule has 0 unspecified atom stereocenters. The zero-order chi connectivity index (χ0) is 17.3. The number of ether oxygens (including phenoxy) is 1. The van der Waals surface area contributed by atoms with Crippen LogP contribution in [0, 0.1) is 17.2 Å². The average Bonchev–Trinajstić information content (AvgIpc) is 3.37. The molecule has 4 rings (SSSR count). The van der Waals surface area contributed by atoms with E-state index in [1.165, 1.54) is 0 Å². The summed E-state index contributed by atoms with van der Waals surface area (Å²) in [6.45, 7) is 2.07. The first kappa shape index (κ1) is 16.1. The van der Waals surface area contributed by atoms with Gasteiger partial charge in [-0.1, -0.05) is 18.2 Å². The maximum Gasteiger partial charge on any atom is 0.226 e. The quantitative estimate of drug-likeness (QED) is 0.854. The highest BCUT2D eigenvalue weighted by Gasteiger charge is 2.47. The highest BCUT2D eigenvalue weighted by Crippen LogP contribution is 2.37. The minimum atomic E-state index is -0.230. The van der Waals surface area contributed by atoms with Gasteiger partial charge in [0.05, 0.1) is 18.2 Å². The minimum absolute atomic E-state index is 0.128. The Morgan fingerprint density at radius 1 is 1.40 bits per heavy atom. The van der Waals surface area contributed by atoms with E-state index >= 15 is 0 Å². The lowest BCUT2D eigenvalue weighted by molar-refractivity contribution is -0.135. The van der Waals surface area contributed by atoms with Crippen molar-refractivity contribution in [3.63, 3.8) is 0 Å². The van der Waals surface area contributed by atoms with E-state index in [1.807, 2.05) is 17.0 Å². The van der Waals surface area contributed by atoms with E-state index < -0.39 is 0 Å². The van der Waals surface area contributed by atoms with E-state index in [9.17, 15) is 4.79 Å². The van der Waals surface area contributed by atoms with Gasteiger partial charge in [-0.05, 0) is 31.4 Å². The third kappa shape index (κ3) is 3.24. The molecule has 130 valence electrons. The van der Waals surface area contributed by atoms with Gasteiger partial charge < -0.3 is 15.0 Å². The third-order valence-electron chi connectivity index (χ3n) is 5.41. The second-order valence-electron chi connectivity index (χ2n) is 7.21. The van der Waals surface area contributed by atoms with Crippen LogP contribution in [0.15, 0.2) is 30.4 Å². The predicted octanol–water partition coefficient (Wildman–Crippen LogP) is 2.09. The molecule has 1 spiro atoms. The number of nitriles is 1. The number of pyridine rings is 1. The normalized spacial score (nSPS) is 28.6. The fourth-order valence-electron chi connectivity index (χ4n) is 4.12. The summed E-state index contributed by atoms with van der Waals surface area (Å²) in [4.78, 5) is 18.9. The molecule has 2 fully saturated rings. The van der Waals surface area contributed by atoms with Crippen molar-refractivity contribution in [2.75, 3.05) is 25.0 Å². The number of nitrogens with one attached hydrogen (secondary N) is 1. The van der Waals surface area contributed by atoms with Gasteiger partial charge in [0.1, 0.15) is 17.6 Å². The maximum absolute atomic E-state index is 12.6. The van der Waals surface area contributed by atoms with Gasteiger partial charge >= 0.3 is 0 Å². The summed E-state index contributed by atoms with van der Waals surface area (Å²) in [7, 11) is 0. The number of anilines is 1. The molecule has 0 aromatic carbocycles. The molecular weight excluding hydrogens is 316 g/mol. The molecule has 6 heteroatoms. The van der Waals surface area contributed by atoms with Crippen LogP contribution in [-0.2, 0) is 9.53 Å². The Balaban J connectivity index is 1.35. The Hall–Kier alpha value is -2.39. The van der Waals surface area contributed by atoms with Crippen molar-refractivity contribution < 1.29 is 9.53 Å². The zero-order valence-electron chi connectivity index (χ0n) is 14.1. The molecule has 2 aliphatic heterocycles. The first-order valence-electron chi connectivity index (χ1n) is 8.89.